The number of nitrogens with one attached hydrogen (secondary N) is 1. The molecule has 0 fully saturated rings. The monoisotopic (exact) mass is 593 g/mol. The predicted molar refractivity (Wildman–Crippen MR) is 163 cm³/mol. The summed E-state index contributed by atoms with van der Waals surface area (Å²) in [6, 6.07) is 21.0. The smallest absolute Gasteiger partial charge is 0.244 e. The molecule has 1 aliphatic rings. The van der Waals surface area contributed by atoms with Gasteiger partial charge >= 0.3 is 0 Å². The molecular weight excluding hydrogens is 554 g/mol. The average Bonchev–Trinajstić information content (AvgIpc) is 2.98. The summed E-state index contributed by atoms with van der Waals surface area (Å²) < 4.78 is 38.4. The van der Waals surface area contributed by atoms with Gasteiger partial charge in [-0.05, 0) is 43.5 Å². The van der Waals surface area contributed by atoms with Crippen molar-refractivity contribution in [2.45, 2.75) is 52.2 Å². The third-order valence-electron chi connectivity index (χ3n) is 7.24. The molecule has 224 valence electrons. The second-order valence-corrected chi connectivity index (χ2v) is 12.5. The van der Waals surface area contributed by atoms with Gasteiger partial charge in [0.2, 0.25) is 21.8 Å². The number of benzene rings is 3. The first-order valence-corrected chi connectivity index (χ1v) is 16.0. The molecule has 2 amide bonds. The van der Waals surface area contributed by atoms with Crippen molar-refractivity contribution in [1.82, 2.24) is 10.2 Å². The zero-order chi connectivity index (χ0) is 30.3. The molecule has 0 aromatic heterocycles. The van der Waals surface area contributed by atoms with Crippen LogP contribution in [0.5, 0.6) is 11.5 Å². The van der Waals surface area contributed by atoms with Crippen molar-refractivity contribution in [2.75, 3.05) is 30.3 Å². The average molecular weight is 594 g/mol. The molecule has 1 N–H and O–H groups in total. The Labute approximate surface area is 248 Å². The van der Waals surface area contributed by atoms with Gasteiger partial charge in [-0.15, -0.1) is 0 Å². The number of anilines is 1. The van der Waals surface area contributed by atoms with Crippen LogP contribution in [0.2, 0.25) is 0 Å². The van der Waals surface area contributed by atoms with Crippen LogP contribution in [0.15, 0.2) is 72.8 Å². The number of hydrogen-bond acceptors (Lipinski definition) is 6. The standard InChI is InChI=1S/C32H39N3O6S/c1-5-24(3)33-32(37)28(19-25-9-7-6-8-10-25)34(21-26-13-11-23(2)12-14-26)31(36)22-35(42(4,38)39)27-15-16-29-30(20-27)41-18-17-40-29/h6-16,20,24,28H,5,17-19,21-22H2,1-4H3,(H,33,37)/t24-,28+/m0/s1. The lowest BCUT2D eigenvalue weighted by Crippen LogP contribution is -2.54. The van der Waals surface area contributed by atoms with Gasteiger partial charge in [-0.3, -0.25) is 13.9 Å². The van der Waals surface area contributed by atoms with Crippen molar-refractivity contribution in [2.24, 2.45) is 0 Å². The largest absolute Gasteiger partial charge is 0.486 e. The van der Waals surface area contributed by atoms with Crippen molar-refractivity contribution in [3.63, 3.8) is 0 Å². The minimum Gasteiger partial charge on any atom is -0.486 e. The molecule has 0 saturated carbocycles. The number of sulfonamides is 1. The summed E-state index contributed by atoms with van der Waals surface area (Å²) in [5.74, 6) is 0.122. The Morgan fingerprint density at radius 2 is 1.60 bits per heavy atom. The maximum absolute atomic E-state index is 14.2. The molecule has 10 heteroatoms. The molecule has 3 aromatic carbocycles. The van der Waals surface area contributed by atoms with Crippen LogP contribution in [0.25, 0.3) is 0 Å². The number of carbonyl (C=O) groups excluding carboxylic acids is 2. The summed E-state index contributed by atoms with van der Waals surface area (Å²) in [6.07, 6.45) is 2.05. The molecule has 0 unspecified atom stereocenters. The van der Waals surface area contributed by atoms with E-state index in [0.717, 1.165) is 33.7 Å². The number of aryl methyl sites for hydroxylation is 1. The van der Waals surface area contributed by atoms with Gasteiger partial charge in [0.25, 0.3) is 0 Å². The van der Waals surface area contributed by atoms with E-state index in [1.165, 1.54) is 4.90 Å². The lowest BCUT2D eigenvalue weighted by molar-refractivity contribution is -0.140. The summed E-state index contributed by atoms with van der Waals surface area (Å²) in [5, 5.41) is 3.03. The summed E-state index contributed by atoms with van der Waals surface area (Å²) in [4.78, 5) is 29.5. The second kappa shape index (κ2) is 13.7. The SMILES string of the molecule is CC[C@H](C)NC(=O)[C@@H](Cc1ccccc1)N(Cc1ccc(C)cc1)C(=O)CN(c1ccc2c(c1)OCCO2)S(C)(=O)=O. The van der Waals surface area contributed by atoms with Gasteiger partial charge in [0.05, 0.1) is 11.9 Å². The number of nitrogens with zero attached hydrogens (tertiary/aromatic N) is 2. The highest BCUT2D eigenvalue weighted by Gasteiger charge is 2.33. The quantitative estimate of drug-likeness (QED) is 0.339. The molecule has 3 aromatic rings. The summed E-state index contributed by atoms with van der Waals surface area (Å²) in [7, 11) is -3.89. The van der Waals surface area contributed by atoms with Crippen LogP contribution < -0.4 is 19.1 Å². The van der Waals surface area contributed by atoms with E-state index in [2.05, 4.69) is 5.32 Å². The van der Waals surface area contributed by atoms with Crippen LogP contribution in [-0.2, 0) is 32.6 Å². The van der Waals surface area contributed by atoms with Crippen molar-refractivity contribution < 1.29 is 27.5 Å². The van der Waals surface area contributed by atoms with Crippen LogP contribution in [0.4, 0.5) is 5.69 Å². The number of ether oxygens (including phenoxy) is 2. The maximum atomic E-state index is 14.2. The zero-order valence-corrected chi connectivity index (χ0v) is 25.4. The molecule has 4 rings (SSSR count). The van der Waals surface area contributed by atoms with Crippen LogP contribution in [0.1, 0.15) is 37.0 Å². The molecule has 0 spiro atoms. The maximum Gasteiger partial charge on any atom is 0.244 e. The Hall–Kier alpha value is -4.05. The van der Waals surface area contributed by atoms with Gasteiger partial charge in [0.15, 0.2) is 11.5 Å². The number of rotatable bonds is 12. The van der Waals surface area contributed by atoms with E-state index in [-0.39, 0.29) is 30.6 Å². The van der Waals surface area contributed by atoms with Gasteiger partial charge in [-0.2, -0.15) is 0 Å². The van der Waals surface area contributed by atoms with E-state index in [1.54, 1.807) is 18.2 Å². The minimum atomic E-state index is -3.89. The summed E-state index contributed by atoms with van der Waals surface area (Å²) >= 11 is 0. The first-order valence-electron chi connectivity index (χ1n) is 14.1. The third kappa shape index (κ3) is 8.03. The highest BCUT2D eigenvalue weighted by molar-refractivity contribution is 7.92. The van der Waals surface area contributed by atoms with Crippen molar-refractivity contribution >= 4 is 27.5 Å². The van der Waals surface area contributed by atoms with Gasteiger partial charge < -0.3 is 19.7 Å². The van der Waals surface area contributed by atoms with E-state index in [1.807, 2.05) is 75.4 Å². The Kier molecular flexibility index (Phi) is 10.1. The van der Waals surface area contributed by atoms with Gasteiger partial charge in [-0.25, -0.2) is 8.42 Å². The molecule has 1 heterocycles. The van der Waals surface area contributed by atoms with Crippen molar-refractivity contribution in [3.8, 4) is 11.5 Å². The van der Waals surface area contributed by atoms with Gasteiger partial charge in [0, 0.05) is 25.1 Å². The number of hydrogen-bond donors (Lipinski definition) is 1. The number of amides is 2. The lowest BCUT2D eigenvalue weighted by atomic mass is 10.0. The zero-order valence-electron chi connectivity index (χ0n) is 24.6. The fourth-order valence-electron chi connectivity index (χ4n) is 4.69. The fourth-order valence-corrected chi connectivity index (χ4v) is 5.53. The Morgan fingerprint density at radius 3 is 2.24 bits per heavy atom. The second-order valence-electron chi connectivity index (χ2n) is 10.6. The predicted octanol–water partition coefficient (Wildman–Crippen LogP) is 4.09. The molecule has 0 aliphatic carbocycles. The molecule has 0 radical (unpaired) electrons. The third-order valence-corrected chi connectivity index (χ3v) is 8.38. The van der Waals surface area contributed by atoms with Crippen molar-refractivity contribution in [1.29, 1.82) is 0 Å². The minimum absolute atomic E-state index is 0.0997. The summed E-state index contributed by atoms with van der Waals surface area (Å²) in [5.41, 5.74) is 3.05. The van der Waals surface area contributed by atoms with Crippen LogP contribution in [0.3, 0.4) is 0 Å². The number of fused-ring (bicyclic) bond motifs is 1. The molecule has 1 aliphatic heterocycles. The van der Waals surface area contributed by atoms with Crippen LogP contribution in [0, 0.1) is 6.92 Å². The molecular formula is C32H39N3O6S. The highest BCUT2D eigenvalue weighted by atomic mass is 32.2. The van der Waals surface area contributed by atoms with Gasteiger partial charge in [0.1, 0.15) is 25.8 Å². The first kappa shape index (κ1) is 30.9. The van der Waals surface area contributed by atoms with Crippen molar-refractivity contribution in [3.05, 3.63) is 89.5 Å². The Bertz CT molecular complexity index is 1480. The van der Waals surface area contributed by atoms with E-state index in [0.29, 0.717) is 24.7 Å². The Balaban J connectivity index is 1.73. The number of carbonyl (C=O) groups is 2. The van der Waals surface area contributed by atoms with E-state index >= 15 is 0 Å². The molecule has 9 nitrogen and oxygen atoms in total. The highest BCUT2D eigenvalue weighted by Crippen LogP contribution is 2.34. The first-order chi connectivity index (χ1) is 20.0. The molecule has 0 bridgehead atoms. The summed E-state index contributed by atoms with van der Waals surface area (Å²) in [6.45, 7) is 6.24. The van der Waals surface area contributed by atoms with Crippen LogP contribution in [-0.4, -0.2) is 63.2 Å². The van der Waals surface area contributed by atoms with Crippen LogP contribution >= 0.6 is 0 Å². The lowest BCUT2D eigenvalue weighted by Gasteiger charge is -2.34. The normalized spacial score (nSPS) is 14.0. The fraction of sp³-hybridized carbons (Fsp3) is 0.375. The molecule has 0 saturated heterocycles. The topological polar surface area (TPSA) is 105 Å². The van der Waals surface area contributed by atoms with E-state index < -0.39 is 28.5 Å². The van der Waals surface area contributed by atoms with E-state index in [4.69, 9.17) is 9.47 Å². The molecule has 2 atom stereocenters. The van der Waals surface area contributed by atoms with E-state index in [9.17, 15) is 18.0 Å². The van der Waals surface area contributed by atoms with Gasteiger partial charge in [-0.1, -0.05) is 67.1 Å². The molecule has 42 heavy (non-hydrogen) atoms. The Morgan fingerprint density at radius 1 is 0.929 bits per heavy atom.